The first-order valence-electron chi connectivity index (χ1n) is 13.8. The van der Waals surface area contributed by atoms with Crippen molar-refractivity contribution in [2.24, 2.45) is 0 Å². The van der Waals surface area contributed by atoms with Crippen LogP contribution in [0.4, 0.5) is 17.5 Å². The number of carbonyl (C=O) groups excluding carboxylic acids is 1. The van der Waals surface area contributed by atoms with E-state index in [1.807, 2.05) is 35.1 Å². The highest BCUT2D eigenvalue weighted by atomic mass is 32.2. The highest BCUT2D eigenvalue weighted by molar-refractivity contribution is 7.85. The predicted molar refractivity (Wildman–Crippen MR) is 158 cm³/mol. The van der Waals surface area contributed by atoms with Gasteiger partial charge >= 0.3 is 10.3 Å². The number of hydrogen-bond donors (Lipinski definition) is 3. The smallest absolute Gasteiger partial charge is 0.362 e. The van der Waals surface area contributed by atoms with Crippen molar-refractivity contribution in [3.63, 3.8) is 0 Å². The predicted octanol–water partition coefficient (Wildman–Crippen LogP) is 2.24. The summed E-state index contributed by atoms with van der Waals surface area (Å²) in [6, 6.07) is 15.4. The number of anilines is 3. The second-order valence-electron chi connectivity index (χ2n) is 10.6. The molecule has 0 bridgehead atoms. The number of nitrogens with two attached hydrogens (primary N) is 1. The van der Waals surface area contributed by atoms with Gasteiger partial charge in [0.15, 0.2) is 30.3 Å². The fourth-order valence-electron chi connectivity index (χ4n) is 5.11. The Hall–Kier alpha value is -4.39. The molecule has 16 nitrogen and oxygen atoms in total. The van der Waals surface area contributed by atoms with Crippen LogP contribution in [-0.4, -0.2) is 78.5 Å². The molecule has 238 valence electrons. The van der Waals surface area contributed by atoms with Crippen LogP contribution < -0.4 is 20.5 Å². The highest BCUT2D eigenvalue weighted by Gasteiger charge is 2.56. The highest BCUT2D eigenvalue weighted by Crippen LogP contribution is 2.44. The van der Waals surface area contributed by atoms with Crippen molar-refractivity contribution in [1.29, 1.82) is 0 Å². The second kappa shape index (κ2) is 12.2. The standard InChI is InChI=1S/C28H31N7O9S/c1-28(2)43-21-19(13-41-45(37,38)34-25(36)17-11-7-8-12-18(17)40-15-39-3)42-26(22(21)44-28)35-14-30-20-23(29)32-27(33-24(20)35)31-16-9-5-4-6-10-16/h4-12,14,19,21-22,26H,13,15H2,1-3H3,(H,34,36)(H3,29,31,32,33)/t19-,21-,22-,26-/m1/s1. The Morgan fingerprint density at radius 1 is 1.07 bits per heavy atom. The molecular weight excluding hydrogens is 610 g/mol. The Labute approximate surface area is 258 Å². The van der Waals surface area contributed by atoms with Crippen molar-refractivity contribution in [1.82, 2.24) is 24.2 Å². The van der Waals surface area contributed by atoms with Gasteiger partial charge in [-0.2, -0.15) is 18.4 Å². The second-order valence-corrected chi connectivity index (χ2v) is 11.9. The number of nitrogens with zero attached hydrogens (tertiary/aromatic N) is 4. The van der Waals surface area contributed by atoms with Crippen LogP contribution in [0, 0.1) is 0 Å². The van der Waals surface area contributed by atoms with E-state index in [9.17, 15) is 13.2 Å². The Kier molecular flexibility index (Phi) is 8.29. The molecule has 0 aliphatic carbocycles. The maximum absolute atomic E-state index is 12.8. The third kappa shape index (κ3) is 6.53. The molecular formula is C28H31N7O9S. The Morgan fingerprint density at radius 2 is 1.80 bits per heavy atom. The van der Waals surface area contributed by atoms with Crippen LogP contribution in [0.25, 0.3) is 11.2 Å². The number of nitrogen functional groups attached to an aromatic ring is 1. The normalized spacial score (nSPS) is 22.3. The molecule has 2 aromatic carbocycles. The van der Waals surface area contributed by atoms with Crippen molar-refractivity contribution in [2.45, 2.75) is 44.2 Å². The van der Waals surface area contributed by atoms with Gasteiger partial charge in [-0.3, -0.25) is 13.5 Å². The van der Waals surface area contributed by atoms with E-state index in [2.05, 4.69) is 20.3 Å². The lowest BCUT2D eigenvalue weighted by molar-refractivity contribution is -0.198. The minimum atomic E-state index is -4.59. The van der Waals surface area contributed by atoms with Crippen LogP contribution in [-0.2, 0) is 33.4 Å². The molecule has 2 aromatic heterocycles. The molecule has 2 fully saturated rings. The molecule has 1 amide bonds. The SMILES string of the molecule is COCOc1ccccc1C(=O)NS(=O)(=O)OC[C@H]1O[C@@H](n2cnc3c(N)nc(Nc4ccccc4)nc32)[C@@H]2OC(C)(C)O[C@@H]21. The number of amides is 1. The van der Waals surface area contributed by atoms with Crippen molar-refractivity contribution in [3.05, 3.63) is 66.5 Å². The average molecular weight is 642 g/mol. The fourth-order valence-corrected chi connectivity index (χ4v) is 5.81. The molecule has 2 aliphatic heterocycles. The first kappa shape index (κ1) is 30.6. The maximum atomic E-state index is 12.8. The number of para-hydroxylation sites is 2. The molecule has 0 spiro atoms. The van der Waals surface area contributed by atoms with Crippen LogP contribution in [0.5, 0.6) is 5.75 Å². The van der Waals surface area contributed by atoms with Crippen LogP contribution in [0.2, 0.25) is 0 Å². The first-order chi connectivity index (χ1) is 21.5. The number of hydrogen-bond acceptors (Lipinski definition) is 14. The number of rotatable bonds is 11. The number of carbonyl (C=O) groups is 1. The largest absolute Gasteiger partial charge is 0.467 e. The van der Waals surface area contributed by atoms with Gasteiger partial charge in [0.2, 0.25) is 5.95 Å². The van der Waals surface area contributed by atoms with E-state index in [0.717, 1.165) is 5.69 Å². The summed E-state index contributed by atoms with van der Waals surface area (Å²) in [6.07, 6.45) is -1.73. The number of methoxy groups -OCH3 is 1. The molecule has 2 saturated heterocycles. The lowest BCUT2D eigenvalue weighted by atomic mass is 10.1. The molecule has 4 aromatic rings. The van der Waals surface area contributed by atoms with E-state index in [1.54, 1.807) is 30.5 Å². The molecule has 2 aliphatic rings. The zero-order valence-electron chi connectivity index (χ0n) is 24.4. The van der Waals surface area contributed by atoms with Crippen molar-refractivity contribution >= 4 is 44.8 Å². The van der Waals surface area contributed by atoms with Crippen LogP contribution in [0.3, 0.4) is 0 Å². The van der Waals surface area contributed by atoms with Gasteiger partial charge in [-0.05, 0) is 38.1 Å². The van der Waals surface area contributed by atoms with Crippen LogP contribution >= 0.6 is 0 Å². The molecule has 6 rings (SSSR count). The lowest BCUT2D eigenvalue weighted by Gasteiger charge is -2.24. The molecule has 45 heavy (non-hydrogen) atoms. The van der Waals surface area contributed by atoms with E-state index in [1.165, 1.54) is 25.6 Å². The quantitative estimate of drug-likeness (QED) is 0.201. The minimum absolute atomic E-state index is 0.0254. The van der Waals surface area contributed by atoms with E-state index >= 15 is 0 Å². The number of nitrogens with one attached hydrogen (secondary N) is 2. The van der Waals surface area contributed by atoms with Gasteiger partial charge in [0, 0.05) is 12.8 Å². The summed E-state index contributed by atoms with van der Waals surface area (Å²) >= 11 is 0. The van der Waals surface area contributed by atoms with Gasteiger partial charge in [0.25, 0.3) is 5.91 Å². The van der Waals surface area contributed by atoms with E-state index < -0.39 is 53.1 Å². The van der Waals surface area contributed by atoms with E-state index in [0.29, 0.717) is 11.2 Å². The summed E-state index contributed by atoms with van der Waals surface area (Å²) in [5.74, 6) is -1.45. The monoisotopic (exact) mass is 641 g/mol. The number of ether oxygens (including phenoxy) is 5. The number of benzene rings is 2. The zero-order chi connectivity index (χ0) is 31.8. The molecule has 0 unspecified atom stereocenters. The molecule has 17 heteroatoms. The van der Waals surface area contributed by atoms with Gasteiger partial charge in [0.05, 0.1) is 18.5 Å². The Balaban J connectivity index is 1.20. The summed E-state index contributed by atoms with van der Waals surface area (Å²) in [4.78, 5) is 26.1. The van der Waals surface area contributed by atoms with Gasteiger partial charge in [-0.25, -0.2) is 9.71 Å². The fraction of sp³-hybridized carbons (Fsp3) is 0.357. The summed E-state index contributed by atoms with van der Waals surface area (Å²) in [5, 5.41) is 3.11. The topological polar surface area (TPSA) is 200 Å². The number of imidazole rings is 1. The van der Waals surface area contributed by atoms with Crippen molar-refractivity contribution in [3.8, 4) is 5.75 Å². The molecule has 0 saturated carbocycles. The van der Waals surface area contributed by atoms with Crippen molar-refractivity contribution < 1.29 is 41.1 Å². The number of aromatic nitrogens is 4. The van der Waals surface area contributed by atoms with E-state index in [4.69, 9.17) is 33.6 Å². The molecule has 0 radical (unpaired) electrons. The molecule has 4 heterocycles. The first-order valence-corrected chi connectivity index (χ1v) is 15.2. The van der Waals surface area contributed by atoms with Crippen LogP contribution in [0.15, 0.2) is 60.9 Å². The van der Waals surface area contributed by atoms with Crippen LogP contribution in [0.1, 0.15) is 30.4 Å². The van der Waals surface area contributed by atoms with Gasteiger partial charge in [-0.1, -0.05) is 30.3 Å². The molecule has 4 N–H and O–H groups in total. The van der Waals surface area contributed by atoms with Gasteiger partial charge < -0.3 is 34.7 Å². The minimum Gasteiger partial charge on any atom is -0.467 e. The lowest BCUT2D eigenvalue weighted by Crippen LogP contribution is -2.37. The van der Waals surface area contributed by atoms with Gasteiger partial charge in [0.1, 0.15) is 29.6 Å². The summed E-state index contributed by atoms with van der Waals surface area (Å²) in [5.41, 5.74) is 7.64. The molecule has 4 atom stereocenters. The third-order valence-corrected chi connectivity index (χ3v) is 7.83. The maximum Gasteiger partial charge on any atom is 0.362 e. The third-order valence-electron chi connectivity index (χ3n) is 6.95. The summed E-state index contributed by atoms with van der Waals surface area (Å²) in [6.45, 7) is 2.83. The van der Waals surface area contributed by atoms with E-state index in [-0.39, 0.29) is 29.9 Å². The average Bonchev–Trinajstić information content (AvgIpc) is 3.66. The van der Waals surface area contributed by atoms with Gasteiger partial charge in [-0.15, -0.1) is 0 Å². The Morgan fingerprint density at radius 3 is 2.58 bits per heavy atom. The summed E-state index contributed by atoms with van der Waals surface area (Å²) < 4.78 is 63.1. The zero-order valence-corrected chi connectivity index (χ0v) is 25.3. The number of fused-ring (bicyclic) bond motifs is 2. The Bertz CT molecular complexity index is 1800. The van der Waals surface area contributed by atoms with Crippen molar-refractivity contribution in [2.75, 3.05) is 31.6 Å². The summed E-state index contributed by atoms with van der Waals surface area (Å²) in [7, 11) is -3.17.